The predicted octanol–water partition coefficient (Wildman–Crippen LogP) is 2.86. The van der Waals surface area contributed by atoms with Gasteiger partial charge in [0, 0.05) is 18.5 Å². The number of carbonyl (C=O) groups is 1. The van der Waals surface area contributed by atoms with Crippen LogP contribution in [0.3, 0.4) is 0 Å². The van der Waals surface area contributed by atoms with Crippen LogP contribution < -0.4 is 10.6 Å². The monoisotopic (exact) mass is 343 g/mol. The molecule has 1 amide bonds. The second-order valence-electron chi connectivity index (χ2n) is 5.61. The average Bonchev–Trinajstić information content (AvgIpc) is 3.32. The van der Waals surface area contributed by atoms with Gasteiger partial charge in [0.05, 0.1) is 17.1 Å². The Labute approximate surface area is 142 Å². The molecule has 1 aromatic carbocycles. The van der Waals surface area contributed by atoms with E-state index in [4.69, 9.17) is 4.74 Å². The van der Waals surface area contributed by atoms with Crippen LogP contribution in [0.4, 0.5) is 11.1 Å². The highest BCUT2D eigenvalue weighted by Crippen LogP contribution is 2.19. The molecule has 2 aromatic heterocycles. The third kappa shape index (κ3) is 3.24. The Balaban J connectivity index is 1.39. The van der Waals surface area contributed by atoms with Gasteiger partial charge in [0.2, 0.25) is 5.95 Å². The highest BCUT2D eigenvalue weighted by atomic mass is 32.1. The van der Waals surface area contributed by atoms with Crippen LogP contribution in [-0.4, -0.2) is 40.1 Å². The molecule has 0 radical (unpaired) electrons. The van der Waals surface area contributed by atoms with Crippen LogP contribution in [-0.2, 0) is 4.74 Å². The number of fused-ring (bicyclic) bond motifs is 1. The van der Waals surface area contributed by atoms with Crippen molar-refractivity contribution in [1.29, 1.82) is 0 Å². The number of hydrogen-bond acceptors (Lipinski definition) is 6. The van der Waals surface area contributed by atoms with Crippen LogP contribution in [0.25, 0.3) is 11.0 Å². The van der Waals surface area contributed by atoms with E-state index >= 15 is 0 Å². The highest BCUT2D eigenvalue weighted by Gasteiger charge is 2.17. The number of hydrogen-bond donors (Lipinski definition) is 3. The lowest BCUT2D eigenvalue weighted by Gasteiger charge is -2.09. The number of ether oxygens (including phenoxy) is 1. The van der Waals surface area contributed by atoms with E-state index in [9.17, 15) is 4.79 Å². The third-order valence-electron chi connectivity index (χ3n) is 3.86. The third-order valence-corrected chi connectivity index (χ3v) is 4.66. The topological polar surface area (TPSA) is 91.9 Å². The molecule has 1 fully saturated rings. The lowest BCUT2D eigenvalue weighted by atomic mass is 10.2. The van der Waals surface area contributed by atoms with Gasteiger partial charge in [0.25, 0.3) is 5.91 Å². The van der Waals surface area contributed by atoms with Gasteiger partial charge in [-0.15, -0.1) is 11.3 Å². The number of carbonyl (C=O) groups excluding carboxylic acids is 1. The molecule has 1 atom stereocenters. The number of aromatic amines is 1. The van der Waals surface area contributed by atoms with E-state index in [0.717, 1.165) is 42.2 Å². The van der Waals surface area contributed by atoms with E-state index in [1.807, 2.05) is 24.3 Å². The number of para-hydroxylation sites is 2. The fourth-order valence-corrected chi connectivity index (χ4v) is 3.35. The molecule has 1 saturated heterocycles. The smallest absolute Gasteiger partial charge is 0.277 e. The summed E-state index contributed by atoms with van der Waals surface area (Å²) in [5, 5.41) is 8.42. The molecule has 8 heteroatoms. The first kappa shape index (κ1) is 15.1. The van der Waals surface area contributed by atoms with Gasteiger partial charge in [-0.1, -0.05) is 12.1 Å². The zero-order valence-corrected chi connectivity index (χ0v) is 13.7. The summed E-state index contributed by atoms with van der Waals surface area (Å²) in [5.74, 6) is 0.138. The number of rotatable bonds is 5. The van der Waals surface area contributed by atoms with Crippen molar-refractivity contribution in [2.45, 2.75) is 18.9 Å². The standard InChI is InChI=1S/C16H17N5O2S/c22-14(21-15-18-11-5-1-2-6-12(11)19-15)13-9-24-16(20-13)17-8-10-4-3-7-23-10/h1-2,5-6,9-10H,3-4,7-8H2,(H,17,20)(H2,18,19,21,22). The Bertz CT molecular complexity index is 820. The number of benzene rings is 1. The molecule has 1 unspecified atom stereocenters. The highest BCUT2D eigenvalue weighted by molar-refractivity contribution is 7.13. The van der Waals surface area contributed by atoms with Gasteiger partial charge in [-0.05, 0) is 25.0 Å². The molecule has 7 nitrogen and oxygen atoms in total. The normalized spacial score (nSPS) is 17.2. The summed E-state index contributed by atoms with van der Waals surface area (Å²) in [7, 11) is 0. The molecular formula is C16H17N5O2S. The largest absolute Gasteiger partial charge is 0.376 e. The van der Waals surface area contributed by atoms with Crippen molar-refractivity contribution >= 4 is 39.4 Å². The van der Waals surface area contributed by atoms with Crippen LogP contribution >= 0.6 is 11.3 Å². The van der Waals surface area contributed by atoms with Gasteiger partial charge >= 0.3 is 0 Å². The van der Waals surface area contributed by atoms with Gasteiger partial charge in [-0.2, -0.15) is 0 Å². The van der Waals surface area contributed by atoms with Crippen molar-refractivity contribution in [2.75, 3.05) is 23.8 Å². The molecule has 4 rings (SSSR count). The van der Waals surface area contributed by atoms with Crippen molar-refractivity contribution < 1.29 is 9.53 Å². The Morgan fingerprint density at radius 3 is 3.12 bits per heavy atom. The Morgan fingerprint density at radius 1 is 1.38 bits per heavy atom. The number of H-pyrrole nitrogens is 1. The Kier molecular flexibility index (Phi) is 4.14. The van der Waals surface area contributed by atoms with Crippen LogP contribution in [0.2, 0.25) is 0 Å². The van der Waals surface area contributed by atoms with Crippen molar-refractivity contribution in [3.63, 3.8) is 0 Å². The fraction of sp³-hybridized carbons (Fsp3) is 0.312. The Hall–Kier alpha value is -2.45. The van der Waals surface area contributed by atoms with Crippen molar-refractivity contribution in [2.24, 2.45) is 0 Å². The molecular weight excluding hydrogens is 326 g/mol. The molecule has 24 heavy (non-hydrogen) atoms. The molecule has 0 spiro atoms. The van der Waals surface area contributed by atoms with Gasteiger partial charge < -0.3 is 15.0 Å². The number of imidazole rings is 1. The maximum Gasteiger partial charge on any atom is 0.277 e. The van der Waals surface area contributed by atoms with Gasteiger partial charge in [0.15, 0.2) is 5.13 Å². The first-order chi connectivity index (χ1) is 11.8. The van der Waals surface area contributed by atoms with E-state index < -0.39 is 0 Å². The predicted molar refractivity (Wildman–Crippen MR) is 93.6 cm³/mol. The van der Waals surface area contributed by atoms with Gasteiger partial charge in [0.1, 0.15) is 5.69 Å². The summed E-state index contributed by atoms with van der Waals surface area (Å²) in [4.78, 5) is 24.0. The zero-order chi connectivity index (χ0) is 16.4. The minimum Gasteiger partial charge on any atom is -0.376 e. The summed E-state index contributed by atoms with van der Waals surface area (Å²) in [6.07, 6.45) is 2.41. The summed E-state index contributed by atoms with van der Waals surface area (Å²) in [6, 6.07) is 7.62. The maximum atomic E-state index is 12.3. The van der Waals surface area contributed by atoms with E-state index in [1.54, 1.807) is 5.38 Å². The number of thiazole rings is 1. The lowest BCUT2D eigenvalue weighted by molar-refractivity contribution is 0.102. The van der Waals surface area contributed by atoms with Crippen LogP contribution in [0.5, 0.6) is 0 Å². The van der Waals surface area contributed by atoms with Crippen LogP contribution in [0.15, 0.2) is 29.6 Å². The van der Waals surface area contributed by atoms with Crippen molar-refractivity contribution in [3.8, 4) is 0 Å². The molecule has 3 heterocycles. The molecule has 1 aliphatic heterocycles. The summed E-state index contributed by atoms with van der Waals surface area (Å²) >= 11 is 1.41. The van der Waals surface area contributed by atoms with Crippen molar-refractivity contribution in [3.05, 3.63) is 35.3 Å². The van der Waals surface area contributed by atoms with E-state index in [2.05, 4.69) is 25.6 Å². The van der Waals surface area contributed by atoms with Crippen molar-refractivity contribution in [1.82, 2.24) is 15.0 Å². The maximum absolute atomic E-state index is 12.3. The molecule has 3 aromatic rings. The average molecular weight is 343 g/mol. The number of nitrogens with zero attached hydrogens (tertiary/aromatic N) is 2. The first-order valence-corrected chi connectivity index (χ1v) is 8.73. The minimum atomic E-state index is -0.282. The number of anilines is 2. The summed E-state index contributed by atoms with van der Waals surface area (Å²) < 4.78 is 5.56. The molecule has 3 N–H and O–H groups in total. The summed E-state index contributed by atoms with van der Waals surface area (Å²) in [6.45, 7) is 1.55. The molecule has 0 aliphatic carbocycles. The second kappa shape index (κ2) is 6.58. The number of aromatic nitrogens is 3. The SMILES string of the molecule is O=C(Nc1nc2ccccc2[nH]1)c1csc(NCC2CCCO2)n1. The van der Waals surface area contributed by atoms with Gasteiger partial charge in [-0.3, -0.25) is 10.1 Å². The zero-order valence-electron chi connectivity index (χ0n) is 12.9. The van der Waals surface area contributed by atoms with E-state index in [1.165, 1.54) is 11.3 Å². The van der Waals surface area contributed by atoms with E-state index in [-0.39, 0.29) is 12.0 Å². The lowest BCUT2D eigenvalue weighted by Crippen LogP contribution is -2.18. The molecule has 1 aliphatic rings. The van der Waals surface area contributed by atoms with E-state index in [0.29, 0.717) is 11.6 Å². The fourth-order valence-electron chi connectivity index (χ4n) is 2.65. The Morgan fingerprint density at radius 2 is 2.29 bits per heavy atom. The number of nitrogens with one attached hydrogen (secondary N) is 3. The minimum absolute atomic E-state index is 0.238. The quantitative estimate of drug-likeness (QED) is 0.662. The summed E-state index contributed by atoms with van der Waals surface area (Å²) in [5.41, 5.74) is 2.06. The van der Waals surface area contributed by atoms with Crippen LogP contribution in [0, 0.1) is 0 Å². The molecule has 0 saturated carbocycles. The second-order valence-corrected chi connectivity index (χ2v) is 6.47. The molecule has 0 bridgehead atoms. The first-order valence-electron chi connectivity index (χ1n) is 7.85. The van der Waals surface area contributed by atoms with Crippen LogP contribution in [0.1, 0.15) is 23.3 Å². The number of amides is 1. The van der Waals surface area contributed by atoms with Gasteiger partial charge in [-0.25, -0.2) is 9.97 Å². The molecule has 124 valence electrons.